The van der Waals surface area contributed by atoms with Crippen LogP contribution in [0, 0.1) is 5.92 Å². The summed E-state index contributed by atoms with van der Waals surface area (Å²) in [6.07, 6.45) is 0. The van der Waals surface area contributed by atoms with Crippen LogP contribution in [0.2, 0.25) is 0 Å². The molecule has 0 aliphatic carbocycles. The second kappa shape index (κ2) is 9.15. The van der Waals surface area contributed by atoms with E-state index >= 15 is 0 Å². The van der Waals surface area contributed by atoms with Crippen LogP contribution in [-0.2, 0) is 14.3 Å². The second-order valence-electron chi connectivity index (χ2n) is 4.12. The smallest absolute Gasteiger partial charge is 0.317 e. The molecule has 1 atom stereocenters. The van der Waals surface area contributed by atoms with Gasteiger partial charge in [-0.1, -0.05) is 6.92 Å². The lowest BCUT2D eigenvalue weighted by Crippen LogP contribution is -2.45. The van der Waals surface area contributed by atoms with Crippen molar-refractivity contribution in [2.75, 3.05) is 40.4 Å². The highest BCUT2D eigenvalue weighted by Gasteiger charge is 2.17. The standard InChI is InChI=1S/C11H21N3O5/c1-8(10(16)17)7-14(2)11(18)13-6-9(15)12-4-5-19-3/h8H,4-7H2,1-3H3,(H,12,15)(H,13,18)(H,16,17). The molecule has 0 spiro atoms. The third kappa shape index (κ3) is 7.98. The normalized spacial score (nSPS) is 11.5. The molecule has 0 aliphatic heterocycles. The van der Waals surface area contributed by atoms with E-state index in [1.54, 1.807) is 0 Å². The third-order valence-electron chi connectivity index (χ3n) is 2.34. The summed E-state index contributed by atoms with van der Waals surface area (Å²) in [6, 6.07) is -0.491. The van der Waals surface area contributed by atoms with Gasteiger partial charge in [-0.05, 0) is 0 Å². The first-order valence-electron chi connectivity index (χ1n) is 5.85. The maximum atomic E-state index is 11.6. The van der Waals surface area contributed by atoms with Gasteiger partial charge in [0.1, 0.15) is 0 Å². The molecule has 3 N–H and O–H groups in total. The molecule has 0 heterocycles. The van der Waals surface area contributed by atoms with E-state index in [1.165, 1.54) is 26.0 Å². The number of carboxylic acid groups (broad SMARTS) is 1. The monoisotopic (exact) mass is 275 g/mol. The molecular formula is C11H21N3O5. The molecule has 0 saturated carbocycles. The average molecular weight is 275 g/mol. The van der Waals surface area contributed by atoms with Gasteiger partial charge in [-0.2, -0.15) is 0 Å². The molecule has 0 saturated heterocycles. The number of nitrogens with zero attached hydrogens (tertiary/aromatic N) is 1. The van der Waals surface area contributed by atoms with Crippen molar-refractivity contribution < 1.29 is 24.2 Å². The van der Waals surface area contributed by atoms with E-state index in [1.807, 2.05) is 0 Å². The van der Waals surface area contributed by atoms with Crippen LogP contribution in [0.4, 0.5) is 4.79 Å². The van der Waals surface area contributed by atoms with Gasteiger partial charge in [-0.15, -0.1) is 0 Å². The lowest BCUT2D eigenvalue weighted by atomic mass is 10.2. The number of hydrogen-bond acceptors (Lipinski definition) is 4. The van der Waals surface area contributed by atoms with Gasteiger partial charge < -0.3 is 25.4 Å². The van der Waals surface area contributed by atoms with Crippen molar-refractivity contribution in [1.29, 1.82) is 0 Å². The number of ether oxygens (including phenoxy) is 1. The number of urea groups is 1. The minimum absolute atomic E-state index is 0.0759. The van der Waals surface area contributed by atoms with Gasteiger partial charge in [0.05, 0.1) is 19.1 Å². The SMILES string of the molecule is COCCNC(=O)CNC(=O)N(C)CC(C)C(=O)O. The van der Waals surface area contributed by atoms with Crippen molar-refractivity contribution in [1.82, 2.24) is 15.5 Å². The van der Waals surface area contributed by atoms with Gasteiger partial charge in [0.15, 0.2) is 0 Å². The van der Waals surface area contributed by atoms with Crippen molar-refractivity contribution in [3.63, 3.8) is 0 Å². The Labute approximate surface area is 112 Å². The highest BCUT2D eigenvalue weighted by molar-refractivity contribution is 5.84. The number of nitrogens with one attached hydrogen (secondary N) is 2. The Bertz CT molecular complexity index is 321. The number of amides is 3. The Morgan fingerprint density at radius 3 is 2.47 bits per heavy atom. The van der Waals surface area contributed by atoms with Crippen molar-refractivity contribution >= 4 is 17.9 Å². The summed E-state index contributed by atoms with van der Waals surface area (Å²) in [6.45, 7) is 2.19. The molecule has 0 aromatic carbocycles. The number of carbonyl (C=O) groups is 3. The van der Waals surface area contributed by atoms with Crippen LogP contribution in [0.25, 0.3) is 0 Å². The summed E-state index contributed by atoms with van der Waals surface area (Å²) in [5.41, 5.74) is 0. The molecular weight excluding hydrogens is 254 g/mol. The zero-order valence-corrected chi connectivity index (χ0v) is 11.4. The first kappa shape index (κ1) is 17.2. The molecule has 8 nitrogen and oxygen atoms in total. The highest BCUT2D eigenvalue weighted by atomic mass is 16.5. The van der Waals surface area contributed by atoms with Gasteiger partial charge in [0.25, 0.3) is 0 Å². The highest BCUT2D eigenvalue weighted by Crippen LogP contribution is 1.98. The molecule has 1 unspecified atom stereocenters. The van der Waals surface area contributed by atoms with Gasteiger partial charge in [0.2, 0.25) is 5.91 Å². The lowest BCUT2D eigenvalue weighted by Gasteiger charge is -2.19. The summed E-state index contributed by atoms with van der Waals surface area (Å²) >= 11 is 0. The molecule has 0 bridgehead atoms. The molecule has 0 radical (unpaired) electrons. The van der Waals surface area contributed by atoms with E-state index in [2.05, 4.69) is 10.6 Å². The first-order chi connectivity index (χ1) is 8.88. The van der Waals surface area contributed by atoms with Crippen molar-refractivity contribution in [3.05, 3.63) is 0 Å². The quantitative estimate of drug-likeness (QED) is 0.498. The molecule has 0 aliphatic rings. The van der Waals surface area contributed by atoms with E-state index < -0.39 is 17.9 Å². The van der Waals surface area contributed by atoms with Crippen LogP contribution < -0.4 is 10.6 Å². The van der Waals surface area contributed by atoms with Crippen molar-refractivity contribution in [3.8, 4) is 0 Å². The summed E-state index contributed by atoms with van der Waals surface area (Å²) in [7, 11) is 2.99. The predicted molar refractivity (Wildman–Crippen MR) is 67.7 cm³/mol. The zero-order valence-electron chi connectivity index (χ0n) is 11.4. The number of rotatable bonds is 8. The van der Waals surface area contributed by atoms with Crippen LogP contribution >= 0.6 is 0 Å². The van der Waals surface area contributed by atoms with E-state index in [9.17, 15) is 14.4 Å². The number of carboxylic acids is 1. The molecule has 110 valence electrons. The first-order valence-corrected chi connectivity index (χ1v) is 5.85. The topological polar surface area (TPSA) is 108 Å². The molecule has 0 fully saturated rings. The number of methoxy groups -OCH3 is 1. The minimum atomic E-state index is -0.975. The average Bonchev–Trinajstić information content (AvgIpc) is 2.35. The number of aliphatic carboxylic acids is 1. The summed E-state index contributed by atoms with van der Waals surface area (Å²) in [4.78, 5) is 34.7. The predicted octanol–water partition coefficient (Wildman–Crippen LogP) is -0.889. The van der Waals surface area contributed by atoms with E-state index in [0.717, 1.165) is 0 Å². The fourth-order valence-corrected chi connectivity index (χ4v) is 1.22. The van der Waals surface area contributed by atoms with E-state index in [-0.39, 0.29) is 19.0 Å². The maximum Gasteiger partial charge on any atom is 0.317 e. The van der Waals surface area contributed by atoms with Crippen LogP contribution in [0.15, 0.2) is 0 Å². The summed E-state index contributed by atoms with van der Waals surface area (Å²) < 4.78 is 4.76. The molecule has 0 aromatic rings. The Kier molecular flexibility index (Phi) is 8.27. The molecule has 0 rings (SSSR count). The van der Waals surface area contributed by atoms with E-state index in [0.29, 0.717) is 13.2 Å². The third-order valence-corrected chi connectivity index (χ3v) is 2.34. The summed E-state index contributed by atoms with van der Waals surface area (Å²) in [5, 5.41) is 13.7. The zero-order chi connectivity index (χ0) is 14.8. The van der Waals surface area contributed by atoms with Crippen LogP contribution in [0.3, 0.4) is 0 Å². The van der Waals surface area contributed by atoms with Crippen molar-refractivity contribution in [2.45, 2.75) is 6.92 Å². The van der Waals surface area contributed by atoms with Gasteiger partial charge in [-0.3, -0.25) is 9.59 Å². The molecule has 3 amide bonds. The minimum Gasteiger partial charge on any atom is -0.481 e. The second-order valence-corrected chi connectivity index (χ2v) is 4.12. The summed E-state index contributed by atoms with van der Waals surface area (Å²) in [5.74, 6) is -1.96. The fourth-order valence-electron chi connectivity index (χ4n) is 1.22. The van der Waals surface area contributed by atoms with Crippen LogP contribution in [0.1, 0.15) is 6.92 Å². The lowest BCUT2D eigenvalue weighted by molar-refractivity contribution is -0.141. The number of carbonyl (C=O) groups excluding carboxylic acids is 2. The van der Waals surface area contributed by atoms with Gasteiger partial charge in [0, 0.05) is 27.2 Å². The van der Waals surface area contributed by atoms with E-state index in [4.69, 9.17) is 9.84 Å². The Morgan fingerprint density at radius 2 is 1.95 bits per heavy atom. The molecule has 19 heavy (non-hydrogen) atoms. The van der Waals surface area contributed by atoms with Crippen LogP contribution in [-0.4, -0.2) is 68.3 Å². The van der Waals surface area contributed by atoms with Crippen LogP contribution in [0.5, 0.6) is 0 Å². The molecule has 8 heteroatoms. The van der Waals surface area contributed by atoms with Gasteiger partial charge in [-0.25, -0.2) is 4.79 Å². The Morgan fingerprint density at radius 1 is 1.32 bits per heavy atom. The Hall–Kier alpha value is -1.83. The fraction of sp³-hybridized carbons (Fsp3) is 0.727. The largest absolute Gasteiger partial charge is 0.481 e. The van der Waals surface area contributed by atoms with Crippen molar-refractivity contribution in [2.24, 2.45) is 5.92 Å². The van der Waals surface area contributed by atoms with Gasteiger partial charge >= 0.3 is 12.0 Å². The number of hydrogen-bond donors (Lipinski definition) is 3. The Balaban J connectivity index is 3.90. The maximum absolute atomic E-state index is 11.6. The molecule has 0 aromatic heterocycles.